The number of aryl methyl sites for hydroxylation is 1. The number of benzene rings is 7. The lowest BCUT2D eigenvalue weighted by atomic mass is 9.33. The summed E-state index contributed by atoms with van der Waals surface area (Å²) in [5.41, 5.74) is 22.7. The molecule has 3 aliphatic heterocycles. The highest BCUT2D eigenvalue weighted by atomic mass is 15.3. The van der Waals surface area contributed by atoms with E-state index in [1.807, 2.05) is 0 Å². The van der Waals surface area contributed by atoms with E-state index >= 15 is 0 Å². The largest absolute Gasteiger partial charge is 0.335 e. The van der Waals surface area contributed by atoms with Gasteiger partial charge in [-0.25, -0.2) is 0 Å². The number of rotatable bonds is 4. The normalized spacial score (nSPS) is 21.1. The quantitative estimate of drug-likeness (QED) is 0.166. The molecule has 12 rings (SSSR count). The topological polar surface area (TPSA) is 9.72 Å². The summed E-state index contributed by atoms with van der Waals surface area (Å²) in [6, 6.07) is 57.6. The van der Waals surface area contributed by atoms with Crippen LogP contribution >= 0.6 is 0 Å². The van der Waals surface area contributed by atoms with Gasteiger partial charge in [0.25, 0.3) is 6.71 Å². The standard InChI is InChI=1S/C54H48BN3/c1-35-31-48-50-49(32-35)58-51-44(53(4)29-14-15-30-54(53,58)5)23-16-24-46(51)55(50)45-28-26-39(56(36-17-8-6-9-18-36)37-19-10-7-11-20-37)34-47(45)57(48)38-25-27-43-41(33-38)40-21-12-13-22-42(40)52(43,2)3/h6-13,16-28,31-34H,14-15,29-30H2,1-5H3. The second-order valence-electron chi connectivity index (χ2n) is 18.5. The van der Waals surface area contributed by atoms with Crippen LogP contribution in [0.3, 0.4) is 0 Å². The highest BCUT2D eigenvalue weighted by Crippen LogP contribution is 2.62. The van der Waals surface area contributed by atoms with Crippen LogP contribution in [-0.2, 0) is 10.8 Å². The molecule has 1 fully saturated rings. The number of anilines is 8. The van der Waals surface area contributed by atoms with Crippen molar-refractivity contribution in [3.8, 4) is 11.1 Å². The third-order valence-corrected chi connectivity index (χ3v) is 15.2. The summed E-state index contributed by atoms with van der Waals surface area (Å²) in [5.74, 6) is 0. The van der Waals surface area contributed by atoms with Crippen molar-refractivity contribution in [2.75, 3.05) is 14.7 Å². The van der Waals surface area contributed by atoms with E-state index in [0.717, 1.165) is 17.1 Å². The predicted octanol–water partition coefficient (Wildman–Crippen LogP) is 12.1. The lowest BCUT2D eigenvalue weighted by molar-refractivity contribution is 0.195. The summed E-state index contributed by atoms with van der Waals surface area (Å²) >= 11 is 0. The molecule has 2 atom stereocenters. The van der Waals surface area contributed by atoms with Crippen LogP contribution in [0, 0.1) is 6.92 Å². The van der Waals surface area contributed by atoms with Crippen LogP contribution in [0.15, 0.2) is 152 Å². The highest BCUT2D eigenvalue weighted by Gasteiger charge is 2.61. The van der Waals surface area contributed by atoms with E-state index in [0.29, 0.717) is 0 Å². The molecule has 0 aromatic heterocycles. The smallest absolute Gasteiger partial charge is 0.252 e. The van der Waals surface area contributed by atoms with Crippen molar-refractivity contribution >= 4 is 68.6 Å². The Morgan fingerprint density at radius 1 is 0.534 bits per heavy atom. The van der Waals surface area contributed by atoms with Crippen molar-refractivity contribution in [3.05, 3.63) is 174 Å². The molecule has 7 aromatic rings. The van der Waals surface area contributed by atoms with Crippen molar-refractivity contribution in [3.63, 3.8) is 0 Å². The Balaban J connectivity index is 1.16. The van der Waals surface area contributed by atoms with Crippen molar-refractivity contribution in [1.29, 1.82) is 0 Å². The number of fused-ring (bicyclic) bond motifs is 10. The Hall–Kier alpha value is -6.00. The molecule has 7 aromatic carbocycles. The Bertz CT molecular complexity index is 2810. The molecule has 5 aliphatic rings. The maximum Gasteiger partial charge on any atom is 0.252 e. The first-order valence-electron chi connectivity index (χ1n) is 21.4. The van der Waals surface area contributed by atoms with Crippen molar-refractivity contribution < 1.29 is 0 Å². The summed E-state index contributed by atoms with van der Waals surface area (Å²) in [7, 11) is 0. The van der Waals surface area contributed by atoms with Gasteiger partial charge in [0.15, 0.2) is 0 Å². The summed E-state index contributed by atoms with van der Waals surface area (Å²) < 4.78 is 0. The third kappa shape index (κ3) is 4.31. The first-order chi connectivity index (χ1) is 28.2. The van der Waals surface area contributed by atoms with Crippen LogP contribution in [-0.4, -0.2) is 12.3 Å². The maximum atomic E-state index is 2.84. The molecule has 2 unspecified atom stereocenters. The molecule has 0 N–H and O–H groups in total. The molecule has 4 heteroatoms. The SMILES string of the molecule is Cc1cc2c3c(c1)N1c4c(cccc4C4(C)CCCCC14C)B3c1ccc(N(c3ccccc3)c3ccccc3)cc1N2c1ccc2c(c1)-c1ccccc1C2(C)C. The molecule has 0 saturated heterocycles. The predicted molar refractivity (Wildman–Crippen MR) is 246 cm³/mol. The zero-order valence-corrected chi connectivity index (χ0v) is 34.2. The molecule has 58 heavy (non-hydrogen) atoms. The third-order valence-electron chi connectivity index (χ3n) is 15.2. The van der Waals surface area contributed by atoms with Gasteiger partial charge in [0.05, 0.1) is 5.54 Å². The minimum Gasteiger partial charge on any atom is -0.335 e. The van der Waals surface area contributed by atoms with Crippen LogP contribution in [0.4, 0.5) is 45.5 Å². The molecule has 0 radical (unpaired) electrons. The number of hydrogen-bond donors (Lipinski definition) is 0. The van der Waals surface area contributed by atoms with E-state index in [4.69, 9.17) is 0 Å². The van der Waals surface area contributed by atoms with Crippen LogP contribution in [0.25, 0.3) is 11.1 Å². The van der Waals surface area contributed by atoms with E-state index in [1.165, 1.54) is 98.3 Å². The van der Waals surface area contributed by atoms with Crippen LogP contribution in [0.5, 0.6) is 0 Å². The van der Waals surface area contributed by atoms with Gasteiger partial charge in [0, 0.05) is 56.3 Å². The zero-order chi connectivity index (χ0) is 39.1. The van der Waals surface area contributed by atoms with Gasteiger partial charge in [0.1, 0.15) is 0 Å². The molecular formula is C54H48BN3. The fourth-order valence-electron chi connectivity index (χ4n) is 12.3. The maximum absolute atomic E-state index is 2.84. The zero-order valence-electron chi connectivity index (χ0n) is 34.2. The Morgan fingerprint density at radius 3 is 1.98 bits per heavy atom. The van der Waals surface area contributed by atoms with Gasteiger partial charge in [0.2, 0.25) is 0 Å². The fraction of sp³-hybridized carbons (Fsp3) is 0.222. The molecule has 0 bridgehead atoms. The van der Waals surface area contributed by atoms with E-state index < -0.39 is 0 Å². The lowest BCUT2D eigenvalue weighted by Gasteiger charge is -2.53. The van der Waals surface area contributed by atoms with Crippen LogP contribution in [0.2, 0.25) is 0 Å². The molecule has 3 nitrogen and oxygen atoms in total. The average molecular weight is 750 g/mol. The van der Waals surface area contributed by atoms with Gasteiger partial charge >= 0.3 is 0 Å². The molecule has 0 amide bonds. The number of hydrogen-bond acceptors (Lipinski definition) is 3. The molecule has 1 saturated carbocycles. The van der Waals surface area contributed by atoms with Crippen molar-refractivity contribution in [2.45, 2.75) is 76.7 Å². The molecule has 282 valence electrons. The number of para-hydroxylation sites is 3. The Labute approximate surface area is 343 Å². The van der Waals surface area contributed by atoms with Gasteiger partial charge in [-0.3, -0.25) is 0 Å². The molecule has 2 aliphatic carbocycles. The molecular weight excluding hydrogens is 701 g/mol. The number of nitrogens with zero attached hydrogens (tertiary/aromatic N) is 3. The summed E-state index contributed by atoms with van der Waals surface area (Å²) in [4.78, 5) is 7.87. The van der Waals surface area contributed by atoms with E-state index in [2.05, 4.69) is 201 Å². The Morgan fingerprint density at radius 2 is 1.21 bits per heavy atom. The van der Waals surface area contributed by atoms with Crippen LogP contribution < -0.4 is 31.1 Å². The van der Waals surface area contributed by atoms with Gasteiger partial charge in [-0.15, -0.1) is 0 Å². The summed E-state index contributed by atoms with van der Waals surface area (Å²) in [5, 5.41) is 0. The van der Waals surface area contributed by atoms with Gasteiger partial charge < -0.3 is 14.7 Å². The van der Waals surface area contributed by atoms with Crippen LogP contribution in [0.1, 0.15) is 75.6 Å². The lowest BCUT2D eigenvalue weighted by Crippen LogP contribution is -2.64. The monoisotopic (exact) mass is 749 g/mol. The van der Waals surface area contributed by atoms with Gasteiger partial charge in [-0.05, 0) is 137 Å². The molecule has 0 spiro atoms. The van der Waals surface area contributed by atoms with Gasteiger partial charge in [-0.1, -0.05) is 125 Å². The molecule has 3 heterocycles. The van der Waals surface area contributed by atoms with E-state index in [-0.39, 0.29) is 23.1 Å². The minimum absolute atomic E-state index is 0.0000834. The fourth-order valence-corrected chi connectivity index (χ4v) is 12.3. The van der Waals surface area contributed by atoms with E-state index in [1.54, 1.807) is 5.56 Å². The minimum atomic E-state index is -0.0594. The first kappa shape index (κ1) is 34.1. The first-order valence-corrected chi connectivity index (χ1v) is 21.4. The second-order valence-corrected chi connectivity index (χ2v) is 18.5. The Kier molecular flexibility index (Phi) is 6.93. The van der Waals surface area contributed by atoms with Gasteiger partial charge in [-0.2, -0.15) is 0 Å². The van der Waals surface area contributed by atoms with Crippen molar-refractivity contribution in [1.82, 2.24) is 0 Å². The highest BCUT2D eigenvalue weighted by molar-refractivity contribution is 7.00. The average Bonchev–Trinajstić information content (AvgIpc) is 3.60. The second kappa shape index (κ2) is 11.8. The van der Waals surface area contributed by atoms with E-state index in [9.17, 15) is 0 Å². The summed E-state index contributed by atoms with van der Waals surface area (Å²) in [6.45, 7) is 12.3. The van der Waals surface area contributed by atoms with Crippen molar-refractivity contribution in [2.24, 2.45) is 0 Å². The summed E-state index contributed by atoms with van der Waals surface area (Å²) in [6.07, 6.45) is 4.98.